The lowest BCUT2D eigenvalue weighted by atomic mass is 10.1. The van der Waals surface area contributed by atoms with Gasteiger partial charge in [-0.25, -0.2) is 4.79 Å². The van der Waals surface area contributed by atoms with Gasteiger partial charge < -0.3 is 15.0 Å². The average Bonchev–Trinajstić information content (AvgIpc) is 2.79. The van der Waals surface area contributed by atoms with Gasteiger partial charge in [-0.2, -0.15) is 5.26 Å². The Morgan fingerprint density at radius 3 is 2.42 bits per heavy atom. The molecule has 7 nitrogen and oxygen atoms in total. The van der Waals surface area contributed by atoms with E-state index in [0.29, 0.717) is 12.2 Å². The molecule has 0 fully saturated rings. The summed E-state index contributed by atoms with van der Waals surface area (Å²) < 4.78 is 5.21. The first-order chi connectivity index (χ1) is 15.0. The predicted molar refractivity (Wildman–Crippen MR) is 118 cm³/mol. The number of ether oxygens (including phenoxy) is 1. The number of anilines is 2. The Labute approximate surface area is 179 Å². The van der Waals surface area contributed by atoms with E-state index >= 15 is 0 Å². The molecule has 3 aromatic rings. The van der Waals surface area contributed by atoms with E-state index in [9.17, 15) is 14.4 Å². The molecule has 0 aliphatic heterocycles. The Bertz CT molecular complexity index is 1140. The van der Waals surface area contributed by atoms with Gasteiger partial charge in [-0.15, -0.1) is 0 Å². The molecule has 0 spiro atoms. The first-order valence-electron chi connectivity index (χ1n) is 9.75. The molecule has 0 heterocycles. The summed E-state index contributed by atoms with van der Waals surface area (Å²) >= 11 is 0. The van der Waals surface area contributed by atoms with Gasteiger partial charge in [-0.3, -0.25) is 9.59 Å². The van der Waals surface area contributed by atoms with E-state index in [0.717, 1.165) is 16.5 Å². The molecule has 2 amide bonds. The number of rotatable bonds is 7. The minimum Gasteiger partial charge on any atom is -0.452 e. The Hall–Kier alpha value is -4.18. The smallest absolute Gasteiger partial charge is 0.338 e. The molecule has 0 aliphatic carbocycles. The van der Waals surface area contributed by atoms with Crippen LogP contribution in [0.3, 0.4) is 0 Å². The van der Waals surface area contributed by atoms with Gasteiger partial charge in [-0.05, 0) is 42.6 Å². The van der Waals surface area contributed by atoms with Crippen molar-refractivity contribution in [1.82, 2.24) is 0 Å². The average molecular weight is 415 g/mol. The number of hydrogen-bond acceptors (Lipinski definition) is 5. The Morgan fingerprint density at radius 1 is 1.00 bits per heavy atom. The van der Waals surface area contributed by atoms with Crippen LogP contribution in [-0.4, -0.2) is 30.9 Å². The topological polar surface area (TPSA) is 99.5 Å². The highest BCUT2D eigenvalue weighted by Crippen LogP contribution is 2.26. The van der Waals surface area contributed by atoms with Crippen molar-refractivity contribution >= 4 is 39.9 Å². The Balaban J connectivity index is 1.64. The Kier molecular flexibility index (Phi) is 6.97. The van der Waals surface area contributed by atoms with Gasteiger partial charge in [0.2, 0.25) is 5.91 Å². The van der Waals surface area contributed by atoms with Crippen molar-refractivity contribution in [2.75, 3.05) is 23.4 Å². The molecule has 3 rings (SSSR count). The van der Waals surface area contributed by atoms with E-state index in [2.05, 4.69) is 5.32 Å². The number of nitrogens with one attached hydrogen (secondary N) is 1. The van der Waals surface area contributed by atoms with Crippen LogP contribution in [0.25, 0.3) is 10.8 Å². The molecule has 0 saturated carbocycles. The molecular formula is C24H21N3O4. The number of likely N-dealkylation sites (N-methyl/N-ethyl adjacent to an activating group) is 1. The number of amides is 2. The zero-order valence-electron chi connectivity index (χ0n) is 17.0. The molecule has 156 valence electrons. The number of nitrogens with zero attached hydrogens (tertiary/aromatic N) is 2. The highest BCUT2D eigenvalue weighted by molar-refractivity contribution is 6.04. The van der Waals surface area contributed by atoms with Gasteiger partial charge >= 0.3 is 5.97 Å². The zero-order valence-corrected chi connectivity index (χ0v) is 17.0. The molecule has 31 heavy (non-hydrogen) atoms. The van der Waals surface area contributed by atoms with Crippen molar-refractivity contribution in [2.45, 2.75) is 13.3 Å². The monoisotopic (exact) mass is 415 g/mol. The summed E-state index contributed by atoms with van der Waals surface area (Å²) in [6.45, 7) is 1.90. The highest BCUT2D eigenvalue weighted by atomic mass is 16.5. The van der Waals surface area contributed by atoms with Crippen LogP contribution in [0.4, 0.5) is 11.4 Å². The fraction of sp³-hybridized carbons (Fsp3) is 0.167. The second-order valence-electron chi connectivity index (χ2n) is 6.67. The molecule has 7 heteroatoms. The van der Waals surface area contributed by atoms with E-state index in [4.69, 9.17) is 10.00 Å². The first kappa shape index (κ1) is 21.5. The molecule has 0 unspecified atom stereocenters. The quantitative estimate of drug-likeness (QED) is 0.590. The third-order valence-corrected chi connectivity index (χ3v) is 4.65. The van der Waals surface area contributed by atoms with Crippen LogP contribution in [0.1, 0.15) is 23.7 Å². The molecule has 3 aromatic carbocycles. The first-order valence-corrected chi connectivity index (χ1v) is 9.75. The summed E-state index contributed by atoms with van der Waals surface area (Å²) in [6, 6.07) is 21.3. The Morgan fingerprint density at radius 2 is 1.71 bits per heavy atom. The summed E-state index contributed by atoms with van der Waals surface area (Å²) in [5.74, 6) is -1.40. The van der Waals surface area contributed by atoms with Gasteiger partial charge in [0, 0.05) is 17.6 Å². The maximum atomic E-state index is 12.8. The van der Waals surface area contributed by atoms with E-state index in [1.54, 1.807) is 11.0 Å². The lowest BCUT2D eigenvalue weighted by Crippen LogP contribution is -2.34. The molecule has 0 bridgehead atoms. The van der Waals surface area contributed by atoms with E-state index in [1.165, 1.54) is 24.3 Å². The fourth-order valence-corrected chi connectivity index (χ4v) is 3.18. The molecule has 0 saturated heterocycles. The van der Waals surface area contributed by atoms with Crippen molar-refractivity contribution in [3.05, 3.63) is 72.3 Å². The van der Waals surface area contributed by atoms with Crippen molar-refractivity contribution in [1.29, 1.82) is 5.26 Å². The van der Waals surface area contributed by atoms with Crippen LogP contribution in [0, 0.1) is 11.3 Å². The number of nitriles is 1. The minimum absolute atomic E-state index is 0.249. The van der Waals surface area contributed by atoms with Crippen LogP contribution in [0.5, 0.6) is 0 Å². The maximum absolute atomic E-state index is 12.8. The number of benzene rings is 3. The predicted octanol–water partition coefficient (Wildman–Crippen LogP) is 3.90. The van der Waals surface area contributed by atoms with Gasteiger partial charge in [0.1, 0.15) is 6.42 Å². The van der Waals surface area contributed by atoms with Crippen molar-refractivity contribution in [3.63, 3.8) is 0 Å². The lowest BCUT2D eigenvalue weighted by molar-refractivity contribution is -0.121. The standard InChI is InChI=1S/C24H21N3O4/c1-2-27(21-9-5-7-17-6-3-4-8-20(17)21)23(29)16-31-24(30)18-10-12-19(13-11-18)26-22(28)14-15-25/h3-13H,2,14,16H2,1H3,(H,26,28). The maximum Gasteiger partial charge on any atom is 0.338 e. The van der Waals surface area contributed by atoms with Crippen molar-refractivity contribution < 1.29 is 19.1 Å². The largest absolute Gasteiger partial charge is 0.452 e. The number of esters is 1. The van der Waals surface area contributed by atoms with Gasteiger partial charge in [0.05, 0.1) is 17.3 Å². The van der Waals surface area contributed by atoms with Crippen molar-refractivity contribution in [3.8, 4) is 6.07 Å². The van der Waals surface area contributed by atoms with Gasteiger partial charge in [0.25, 0.3) is 5.91 Å². The summed E-state index contributed by atoms with van der Waals surface area (Å²) in [4.78, 5) is 38.1. The normalized spacial score (nSPS) is 10.2. The van der Waals surface area contributed by atoms with E-state index in [1.807, 2.05) is 49.4 Å². The summed E-state index contributed by atoms with van der Waals surface area (Å²) in [5, 5.41) is 13.0. The van der Waals surface area contributed by atoms with Crippen LogP contribution < -0.4 is 10.2 Å². The van der Waals surface area contributed by atoms with Crippen LogP contribution in [0.2, 0.25) is 0 Å². The highest BCUT2D eigenvalue weighted by Gasteiger charge is 2.18. The third kappa shape index (κ3) is 5.25. The lowest BCUT2D eigenvalue weighted by Gasteiger charge is -2.22. The molecule has 1 N–H and O–H groups in total. The molecule has 0 aromatic heterocycles. The zero-order chi connectivity index (χ0) is 22.2. The van der Waals surface area contributed by atoms with Crippen LogP contribution >= 0.6 is 0 Å². The molecule has 0 atom stereocenters. The van der Waals surface area contributed by atoms with Gasteiger partial charge in [-0.1, -0.05) is 36.4 Å². The van der Waals surface area contributed by atoms with Crippen LogP contribution in [0.15, 0.2) is 66.7 Å². The van der Waals surface area contributed by atoms with Crippen molar-refractivity contribution in [2.24, 2.45) is 0 Å². The third-order valence-electron chi connectivity index (χ3n) is 4.65. The second-order valence-corrected chi connectivity index (χ2v) is 6.67. The summed E-state index contributed by atoms with van der Waals surface area (Å²) in [6.07, 6.45) is -0.253. The van der Waals surface area contributed by atoms with Crippen LogP contribution in [-0.2, 0) is 14.3 Å². The van der Waals surface area contributed by atoms with E-state index in [-0.39, 0.29) is 17.9 Å². The number of carbonyl (C=O) groups is 3. The molecule has 0 aliphatic rings. The van der Waals surface area contributed by atoms with Gasteiger partial charge in [0.15, 0.2) is 6.61 Å². The number of fused-ring (bicyclic) bond motifs is 1. The number of carbonyl (C=O) groups excluding carboxylic acids is 3. The van der Waals surface area contributed by atoms with E-state index < -0.39 is 18.5 Å². The summed E-state index contributed by atoms with van der Waals surface area (Å²) in [5.41, 5.74) is 1.47. The second kappa shape index (κ2) is 10.0. The SMILES string of the molecule is CCN(C(=O)COC(=O)c1ccc(NC(=O)CC#N)cc1)c1cccc2ccccc12. The summed E-state index contributed by atoms with van der Waals surface area (Å²) in [7, 11) is 0. The minimum atomic E-state index is -0.641. The number of hydrogen-bond donors (Lipinski definition) is 1. The molecule has 0 radical (unpaired) electrons. The molecular weight excluding hydrogens is 394 g/mol. The fourth-order valence-electron chi connectivity index (χ4n) is 3.18.